The molecule has 0 heterocycles. The zero-order valence-corrected chi connectivity index (χ0v) is 13.6. The predicted molar refractivity (Wildman–Crippen MR) is 87.8 cm³/mol. The molecule has 0 saturated heterocycles. The van der Waals surface area contributed by atoms with Crippen molar-refractivity contribution >= 4 is 29.9 Å². The summed E-state index contributed by atoms with van der Waals surface area (Å²) in [5, 5.41) is 6.36. The summed E-state index contributed by atoms with van der Waals surface area (Å²) in [5.41, 5.74) is 0. The number of hydrogen-bond donors (Lipinski definition) is 2. The quantitative estimate of drug-likeness (QED) is 0.216. The molecule has 1 aliphatic rings. The number of nitrogens with zero attached hydrogens (tertiary/aromatic N) is 1. The summed E-state index contributed by atoms with van der Waals surface area (Å²) in [4.78, 5) is 4.45. The Bertz CT molecular complexity index is 242. The summed E-state index contributed by atoms with van der Waals surface area (Å²) in [6, 6.07) is 0. The minimum atomic E-state index is 0. The van der Waals surface area contributed by atoms with Gasteiger partial charge in [0.05, 0.1) is 0 Å². The van der Waals surface area contributed by atoms with Gasteiger partial charge in [0.25, 0.3) is 0 Å². The van der Waals surface area contributed by atoms with Crippen molar-refractivity contribution in [2.45, 2.75) is 26.2 Å². The molecule has 1 rings (SSSR count). The average Bonchev–Trinajstić information content (AvgIpc) is 3.14. The fraction of sp³-hybridized carbons (Fsp3) is 0.769. The highest BCUT2D eigenvalue weighted by atomic mass is 127. The van der Waals surface area contributed by atoms with Gasteiger partial charge in [-0.25, -0.2) is 0 Å². The van der Waals surface area contributed by atoms with Gasteiger partial charge in [-0.2, -0.15) is 0 Å². The number of nitrogens with one attached hydrogen (secondary N) is 2. The van der Waals surface area contributed by atoms with Gasteiger partial charge in [0, 0.05) is 32.8 Å². The average molecular weight is 367 g/mol. The van der Waals surface area contributed by atoms with E-state index < -0.39 is 0 Å². The summed E-state index contributed by atoms with van der Waals surface area (Å²) in [6.07, 6.45) is 5.52. The SMILES string of the molecule is C=CCNC(=NCCCOCC1CC1)NCC.I. The fourth-order valence-corrected chi connectivity index (χ4v) is 1.40. The van der Waals surface area contributed by atoms with E-state index >= 15 is 0 Å². The molecule has 4 nitrogen and oxygen atoms in total. The van der Waals surface area contributed by atoms with Crippen molar-refractivity contribution in [1.82, 2.24) is 10.6 Å². The summed E-state index contributed by atoms with van der Waals surface area (Å²) in [5.74, 6) is 1.71. The Hall–Kier alpha value is -0.300. The van der Waals surface area contributed by atoms with Gasteiger partial charge in [0.1, 0.15) is 0 Å². The maximum atomic E-state index is 5.55. The monoisotopic (exact) mass is 367 g/mol. The summed E-state index contributed by atoms with van der Waals surface area (Å²) in [7, 11) is 0. The molecule has 0 aliphatic heterocycles. The molecule has 1 saturated carbocycles. The molecule has 0 atom stereocenters. The van der Waals surface area contributed by atoms with Crippen molar-refractivity contribution in [2.24, 2.45) is 10.9 Å². The molecule has 0 aromatic carbocycles. The van der Waals surface area contributed by atoms with E-state index in [1.165, 1.54) is 12.8 Å². The first kappa shape index (κ1) is 17.7. The molecule has 0 spiro atoms. The molecule has 2 N–H and O–H groups in total. The maximum Gasteiger partial charge on any atom is 0.191 e. The molecule has 0 aromatic heterocycles. The number of aliphatic imine (C=N–C) groups is 1. The van der Waals surface area contributed by atoms with Crippen LogP contribution in [0.5, 0.6) is 0 Å². The van der Waals surface area contributed by atoms with Gasteiger partial charge >= 0.3 is 0 Å². The van der Waals surface area contributed by atoms with Crippen molar-refractivity contribution in [1.29, 1.82) is 0 Å². The number of ether oxygens (including phenoxy) is 1. The molecule has 0 bridgehead atoms. The van der Waals surface area contributed by atoms with Crippen LogP contribution in [0.25, 0.3) is 0 Å². The van der Waals surface area contributed by atoms with Crippen LogP contribution in [0.3, 0.4) is 0 Å². The van der Waals surface area contributed by atoms with Gasteiger partial charge in [-0.1, -0.05) is 6.08 Å². The minimum Gasteiger partial charge on any atom is -0.381 e. The van der Waals surface area contributed by atoms with Crippen LogP contribution >= 0.6 is 24.0 Å². The maximum absolute atomic E-state index is 5.55. The van der Waals surface area contributed by atoms with Crippen LogP contribution < -0.4 is 10.6 Å². The van der Waals surface area contributed by atoms with E-state index in [9.17, 15) is 0 Å². The molecule has 1 aliphatic carbocycles. The third-order valence-electron chi connectivity index (χ3n) is 2.53. The van der Waals surface area contributed by atoms with E-state index in [1.807, 2.05) is 6.08 Å². The van der Waals surface area contributed by atoms with E-state index in [1.54, 1.807) is 0 Å². The second kappa shape index (κ2) is 11.8. The molecular formula is C13H26IN3O. The first-order valence-corrected chi connectivity index (χ1v) is 6.57. The topological polar surface area (TPSA) is 45.7 Å². The van der Waals surface area contributed by atoms with Gasteiger partial charge in [-0.05, 0) is 32.1 Å². The molecule has 5 heteroatoms. The van der Waals surface area contributed by atoms with Crippen LogP contribution in [0.2, 0.25) is 0 Å². The second-order valence-electron chi connectivity index (χ2n) is 4.30. The van der Waals surface area contributed by atoms with Crippen molar-refractivity contribution in [3.8, 4) is 0 Å². The molecular weight excluding hydrogens is 341 g/mol. The van der Waals surface area contributed by atoms with Crippen LogP contribution in [-0.2, 0) is 4.74 Å². The number of rotatable bonds is 9. The van der Waals surface area contributed by atoms with Crippen LogP contribution in [0.1, 0.15) is 26.2 Å². The summed E-state index contributed by atoms with van der Waals surface area (Å²) in [6.45, 7) is 9.91. The zero-order chi connectivity index (χ0) is 12.3. The third kappa shape index (κ3) is 9.70. The Morgan fingerprint density at radius 2 is 2.22 bits per heavy atom. The van der Waals surface area contributed by atoms with Gasteiger partial charge in [-0.15, -0.1) is 30.6 Å². The molecule has 0 amide bonds. The Morgan fingerprint density at radius 3 is 2.83 bits per heavy atom. The van der Waals surface area contributed by atoms with Crippen LogP contribution in [0.4, 0.5) is 0 Å². The summed E-state index contributed by atoms with van der Waals surface area (Å²) < 4.78 is 5.55. The molecule has 18 heavy (non-hydrogen) atoms. The predicted octanol–water partition coefficient (Wildman–Crippen LogP) is 2.16. The third-order valence-corrected chi connectivity index (χ3v) is 2.53. The largest absolute Gasteiger partial charge is 0.381 e. The van der Waals surface area contributed by atoms with Gasteiger partial charge in [-0.3, -0.25) is 4.99 Å². The lowest BCUT2D eigenvalue weighted by atomic mass is 10.4. The summed E-state index contributed by atoms with van der Waals surface area (Å²) >= 11 is 0. The smallest absolute Gasteiger partial charge is 0.191 e. The van der Waals surface area contributed by atoms with E-state index in [2.05, 4.69) is 29.1 Å². The highest BCUT2D eigenvalue weighted by molar-refractivity contribution is 14.0. The minimum absolute atomic E-state index is 0. The Labute approximate surface area is 128 Å². The lowest BCUT2D eigenvalue weighted by Crippen LogP contribution is -2.37. The van der Waals surface area contributed by atoms with Crippen molar-refractivity contribution in [3.05, 3.63) is 12.7 Å². The van der Waals surface area contributed by atoms with Crippen molar-refractivity contribution in [2.75, 3.05) is 32.8 Å². The number of hydrogen-bond acceptors (Lipinski definition) is 2. The van der Waals surface area contributed by atoms with E-state index in [0.717, 1.165) is 51.1 Å². The number of halogens is 1. The zero-order valence-electron chi connectivity index (χ0n) is 11.3. The van der Waals surface area contributed by atoms with Crippen LogP contribution in [0.15, 0.2) is 17.6 Å². The standard InChI is InChI=1S/C13H25N3O.HI/c1-3-8-15-13(14-4-2)16-9-5-10-17-11-12-6-7-12;/h3,12H,1,4-11H2,2H3,(H2,14,15,16);1H. The molecule has 0 radical (unpaired) electrons. The Kier molecular flexibility index (Phi) is 11.6. The van der Waals surface area contributed by atoms with Crippen molar-refractivity contribution in [3.63, 3.8) is 0 Å². The number of guanidine groups is 1. The van der Waals surface area contributed by atoms with Crippen LogP contribution in [0, 0.1) is 5.92 Å². The fourth-order valence-electron chi connectivity index (χ4n) is 1.40. The Morgan fingerprint density at radius 1 is 1.44 bits per heavy atom. The highest BCUT2D eigenvalue weighted by Crippen LogP contribution is 2.28. The van der Waals surface area contributed by atoms with Gasteiger partial charge in [0.2, 0.25) is 0 Å². The lowest BCUT2D eigenvalue weighted by molar-refractivity contribution is 0.123. The van der Waals surface area contributed by atoms with E-state index in [4.69, 9.17) is 4.74 Å². The van der Waals surface area contributed by atoms with E-state index in [-0.39, 0.29) is 24.0 Å². The van der Waals surface area contributed by atoms with Gasteiger partial charge in [0.15, 0.2) is 5.96 Å². The first-order chi connectivity index (χ1) is 8.36. The second-order valence-corrected chi connectivity index (χ2v) is 4.30. The van der Waals surface area contributed by atoms with Crippen molar-refractivity contribution < 1.29 is 4.74 Å². The molecule has 106 valence electrons. The van der Waals surface area contributed by atoms with Gasteiger partial charge < -0.3 is 15.4 Å². The molecule has 0 unspecified atom stereocenters. The lowest BCUT2D eigenvalue weighted by Gasteiger charge is -2.09. The Balaban J connectivity index is 0.00000289. The molecule has 0 aromatic rings. The normalized spacial score (nSPS) is 14.8. The van der Waals surface area contributed by atoms with Crippen LogP contribution in [-0.4, -0.2) is 38.8 Å². The first-order valence-electron chi connectivity index (χ1n) is 6.57. The van der Waals surface area contributed by atoms with E-state index in [0.29, 0.717) is 0 Å². The highest BCUT2D eigenvalue weighted by Gasteiger charge is 2.20. The molecule has 1 fully saturated rings.